The molecule has 0 amide bonds. The van der Waals surface area contributed by atoms with Crippen LogP contribution < -0.4 is 0 Å². The van der Waals surface area contributed by atoms with E-state index in [0.29, 0.717) is 12.0 Å². The minimum Gasteiger partial charge on any atom is -0.455 e. The first-order chi connectivity index (χ1) is 21.8. The third-order valence-electron chi connectivity index (χ3n) is 10.2. The van der Waals surface area contributed by atoms with Gasteiger partial charge in [0, 0.05) is 12.0 Å². The van der Waals surface area contributed by atoms with Crippen molar-refractivity contribution in [3.05, 3.63) is 11.6 Å². The Morgan fingerprint density at radius 1 is 0.644 bits per heavy atom. The largest absolute Gasteiger partial charge is 0.455 e. The fourth-order valence-electron chi connectivity index (χ4n) is 7.26. The van der Waals surface area contributed by atoms with Crippen LogP contribution in [-0.2, 0) is 19.0 Å². The first-order valence-corrected chi connectivity index (χ1v) is 18.7. The first kappa shape index (κ1) is 38.4. The molecule has 4 N–H and O–H groups in total. The Morgan fingerprint density at radius 2 is 1.07 bits per heavy atom. The molecule has 0 radical (unpaired) electrons. The standard InChI is InChI=1S/C37H66O8/c1-3-29(38)17-13-10-8-12-16-20-32(41)34-22-24-36(45-34)35-23-21-33(44-35)31(40)19-15-11-7-5-4-6-9-14-18-30(39)26-28-25-27(2)43-37(28)42/h25,27,29-36,38-41H,3-24,26H2,1-2H3. The Balaban J connectivity index is 1.13. The van der Waals surface area contributed by atoms with Crippen molar-refractivity contribution >= 4 is 5.97 Å². The number of hydrogen-bond donors (Lipinski definition) is 4. The molecule has 2 fully saturated rings. The van der Waals surface area contributed by atoms with Gasteiger partial charge in [-0.3, -0.25) is 0 Å². The molecule has 3 heterocycles. The Kier molecular flexibility index (Phi) is 18.6. The van der Waals surface area contributed by atoms with Crippen molar-refractivity contribution in [2.24, 2.45) is 0 Å². The van der Waals surface area contributed by atoms with Crippen molar-refractivity contribution in [3.63, 3.8) is 0 Å². The summed E-state index contributed by atoms with van der Waals surface area (Å²) in [7, 11) is 0. The number of carbonyl (C=O) groups is 1. The summed E-state index contributed by atoms with van der Waals surface area (Å²) in [4.78, 5) is 11.7. The molecule has 262 valence electrons. The van der Waals surface area contributed by atoms with Gasteiger partial charge in [-0.05, 0) is 70.8 Å². The van der Waals surface area contributed by atoms with Gasteiger partial charge < -0.3 is 34.6 Å². The van der Waals surface area contributed by atoms with Crippen LogP contribution in [0.4, 0.5) is 0 Å². The van der Waals surface area contributed by atoms with Crippen molar-refractivity contribution in [1.29, 1.82) is 0 Å². The predicted octanol–water partition coefficient (Wildman–Crippen LogP) is 6.83. The summed E-state index contributed by atoms with van der Waals surface area (Å²) in [6, 6.07) is 0. The van der Waals surface area contributed by atoms with E-state index in [-0.39, 0.29) is 42.6 Å². The van der Waals surface area contributed by atoms with Crippen LogP contribution in [0.5, 0.6) is 0 Å². The van der Waals surface area contributed by atoms with Gasteiger partial charge >= 0.3 is 5.97 Å². The van der Waals surface area contributed by atoms with Gasteiger partial charge in [0.1, 0.15) is 6.10 Å². The van der Waals surface area contributed by atoms with Crippen molar-refractivity contribution in [3.8, 4) is 0 Å². The van der Waals surface area contributed by atoms with Gasteiger partial charge in [0.2, 0.25) is 0 Å². The zero-order valence-corrected chi connectivity index (χ0v) is 28.5. The molecule has 0 aliphatic carbocycles. The average Bonchev–Trinajstić information content (AvgIpc) is 3.77. The predicted molar refractivity (Wildman–Crippen MR) is 177 cm³/mol. The monoisotopic (exact) mass is 638 g/mol. The molecule has 0 bridgehead atoms. The summed E-state index contributed by atoms with van der Waals surface area (Å²) in [5, 5.41) is 41.3. The van der Waals surface area contributed by atoms with Crippen LogP contribution in [0.1, 0.15) is 162 Å². The summed E-state index contributed by atoms with van der Waals surface area (Å²) in [5.41, 5.74) is 0.612. The number of aliphatic hydroxyl groups excluding tert-OH is 4. The summed E-state index contributed by atoms with van der Waals surface area (Å²) >= 11 is 0. The molecule has 9 atom stereocenters. The van der Waals surface area contributed by atoms with Crippen LogP contribution in [0.2, 0.25) is 0 Å². The first-order valence-electron chi connectivity index (χ1n) is 18.7. The Bertz CT molecular complexity index is 833. The lowest BCUT2D eigenvalue weighted by Crippen LogP contribution is -2.33. The van der Waals surface area contributed by atoms with Gasteiger partial charge in [0.05, 0.1) is 48.8 Å². The summed E-state index contributed by atoms with van der Waals surface area (Å²) in [6.45, 7) is 3.86. The quantitative estimate of drug-likeness (QED) is 0.0634. The Labute approximate surface area is 273 Å². The van der Waals surface area contributed by atoms with E-state index in [1.54, 1.807) is 0 Å². The van der Waals surface area contributed by atoms with Crippen LogP contribution in [0.15, 0.2) is 11.6 Å². The van der Waals surface area contributed by atoms with Crippen LogP contribution in [0, 0.1) is 0 Å². The third kappa shape index (κ3) is 14.7. The molecule has 9 unspecified atom stereocenters. The molecular weight excluding hydrogens is 572 g/mol. The number of aliphatic hydroxyl groups is 4. The second kappa shape index (κ2) is 21.8. The highest BCUT2D eigenvalue weighted by atomic mass is 16.6. The van der Waals surface area contributed by atoms with Crippen LogP contribution in [-0.4, -0.2) is 81.3 Å². The molecule has 3 rings (SSSR count). The molecular formula is C37H66O8. The van der Waals surface area contributed by atoms with E-state index in [2.05, 4.69) is 0 Å². The van der Waals surface area contributed by atoms with E-state index in [1.807, 2.05) is 19.9 Å². The number of unbranched alkanes of at least 4 members (excludes halogenated alkanes) is 11. The molecule has 0 aromatic heterocycles. The molecule has 3 aliphatic heterocycles. The Morgan fingerprint density at radius 3 is 1.49 bits per heavy atom. The van der Waals surface area contributed by atoms with E-state index in [1.165, 1.54) is 25.7 Å². The zero-order valence-electron chi connectivity index (χ0n) is 28.5. The minimum absolute atomic E-state index is 0.0291. The van der Waals surface area contributed by atoms with Gasteiger partial charge in [-0.1, -0.05) is 90.4 Å². The lowest BCUT2D eigenvalue weighted by atomic mass is 10.00. The van der Waals surface area contributed by atoms with E-state index < -0.39 is 18.3 Å². The van der Waals surface area contributed by atoms with Crippen molar-refractivity contribution in [1.82, 2.24) is 0 Å². The van der Waals surface area contributed by atoms with E-state index in [0.717, 1.165) is 116 Å². The van der Waals surface area contributed by atoms with Crippen molar-refractivity contribution < 1.29 is 39.4 Å². The molecule has 0 aromatic carbocycles. The van der Waals surface area contributed by atoms with Crippen LogP contribution in [0.25, 0.3) is 0 Å². The normalized spacial score (nSPS) is 27.8. The Hall–Kier alpha value is -1.03. The number of cyclic esters (lactones) is 1. The van der Waals surface area contributed by atoms with Gasteiger partial charge in [-0.2, -0.15) is 0 Å². The van der Waals surface area contributed by atoms with Crippen molar-refractivity contribution in [2.45, 2.75) is 216 Å². The lowest BCUT2D eigenvalue weighted by Gasteiger charge is -2.24. The van der Waals surface area contributed by atoms with Crippen LogP contribution >= 0.6 is 0 Å². The third-order valence-corrected chi connectivity index (χ3v) is 10.2. The highest BCUT2D eigenvalue weighted by Gasteiger charge is 2.40. The van der Waals surface area contributed by atoms with E-state index in [9.17, 15) is 25.2 Å². The maximum Gasteiger partial charge on any atom is 0.334 e. The van der Waals surface area contributed by atoms with Crippen molar-refractivity contribution in [2.75, 3.05) is 0 Å². The van der Waals surface area contributed by atoms with Gasteiger partial charge in [-0.25, -0.2) is 4.79 Å². The zero-order chi connectivity index (χ0) is 32.4. The molecule has 8 heteroatoms. The smallest absolute Gasteiger partial charge is 0.334 e. The fraction of sp³-hybridized carbons (Fsp3) is 0.919. The summed E-state index contributed by atoms with van der Waals surface area (Å²) in [5.74, 6) is -0.285. The fourth-order valence-corrected chi connectivity index (χ4v) is 7.26. The second-order valence-corrected chi connectivity index (χ2v) is 14.2. The van der Waals surface area contributed by atoms with Gasteiger partial charge in [-0.15, -0.1) is 0 Å². The number of carbonyl (C=O) groups excluding carboxylic acids is 1. The van der Waals surface area contributed by atoms with Gasteiger partial charge in [0.25, 0.3) is 0 Å². The van der Waals surface area contributed by atoms with E-state index >= 15 is 0 Å². The van der Waals surface area contributed by atoms with Gasteiger partial charge in [0.15, 0.2) is 0 Å². The number of rotatable bonds is 25. The number of hydrogen-bond acceptors (Lipinski definition) is 8. The van der Waals surface area contributed by atoms with E-state index in [4.69, 9.17) is 14.2 Å². The average molecular weight is 639 g/mol. The molecule has 0 aromatic rings. The maximum atomic E-state index is 11.7. The summed E-state index contributed by atoms with van der Waals surface area (Å²) in [6.07, 6.45) is 22.6. The second-order valence-electron chi connectivity index (χ2n) is 14.2. The van der Waals surface area contributed by atoms with Crippen LogP contribution in [0.3, 0.4) is 0 Å². The molecule has 45 heavy (non-hydrogen) atoms. The SMILES string of the molecule is CCC(O)CCCCCCCC(O)C1CCC(C2CCC(C(O)CCCCCCCCCCC(O)CC3=CC(C)OC3=O)O2)O1. The lowest BCUT2D eigenvalue weighted by molar-refractivity contribution is -0.139. The molecule has 0 saturated carbocycles. The minimum atomic E-state index is -0.469. The summed E-state index contributed by atoms with van der Waals surface area (Å²) < 4.78 is 17.6. The maximum absolute atomic E-state index is 11.7. The molecule has 3 aliphatic rings. The topological polar surface area (TPSA) is 126 Å². The highest BCUT2D eigenvalue weighted by Crippen LogP contribution is 2.34. The molecule has 8 nitrogen and oxygen atoms in total. The molecule has 2 saturated heterocycles. The molecule has 0 spiro atoms. The number of ether oxygens (including phenoxy) is 3. The highest BCUT2D eigenvalue weighted by molar-refractivity contribution is 5.90. The number of esters is 1.